The van der Waals surface area contributed by atoms with Crippen molar-refractivity contribution in [1.82, 2.24) is 4.90 Å². The van der Waals surface area contributed by atoms with Gasteiger partial charge in [-0.3, -0.25) is 4.90 Å². The van der Waals surface area contributed by atoms with Gasteiger partial charge in [0.05, 0.1) is 20.3 Å². The Bertz CT molecular complexity index is 539. The summed E-state index contributed by atoms with van der Waals surface area (Å²) in [5.41, 5.74) is 2.50. The lowest BCUT2D eigenvalue weighted by Gasteiger charge is -2.25. The molecule has 2 aromatic carbocycles. The third-order valence-electron chi connectivity index (χ3n) is 3.96. The summed E-state index contributed by atoms with van der Waals surface area (Å²) < 4.78 is 10.9. The molecule has 0 amide bonds. The second kappa shape index (κ2) is 8.57. The van der Waals surface area contributed by atoms with Crippen LogP contribution in [0.5, 0.6) is 5.75 Å². The first-order valence-electron chi connectivity index (χ1n) is 7.66. The molecule has 0 aliphatic heterocycles. The summed E-state index contributed by atoms with van der Waals surface area (Å²) in [5, 5.41) is 0. The van der Waals surface area contributed by atoms with E-state index in [1.54, 1.807) is 7.11 Å². The standard InChI is InChI=1S/C19H25NO2/c1-16(18-9-11-19(21-3)12-10-18)20(2)13-14-22-15-17-7-5-4-6-8-17/h4-12,16H,13-15H2,1-3H3. The van der Waals surface area contributed by atoms with Gasteiger partial charge in [0.25, 0.3) is 0 Å². The third kappa shape index (κ3) is 4.86. The van der Waals surface area contributed by atoms with Crippen molar-refractivity contribution in [2.24, 2.45) is 0 Å². The molecule has 0 radical (unpaired) electrons. The molecular weight excluding hydrogens is 274 g/mol. The Labute approximate surface area is 133 Å². The Morgan fingerprint density at radius 2 is 1.68 bits per heavy atom. The largest absolute Gasteiger partial charge is 0.497 e. The summed E-state index contributed by atoms with van der Waals surface area (Å²) >= 11 is 0. The fourth-order valence-electron chi connectivity index (χ4n) is 2.30. The van der Waals surface area contributed by atoms with Crippen LogP contribution < -0.4 is 4.74 Å². The molecule has 3 nitrogen and oxygen atoms in total. The number of nitrogens with zero attached hydrogens (tertiary/aromatic N) is 1. The van der Waals surface area contributed by atoms with Crippen LogP contribution >= 0.6 is 0 Å². The van der Waals surface area contributed by atoms with E-state index in [4.69, 9.17) is 9.47 Å². The van der Waals surface area contributed by atoms with Gasteiger partial charge in [-0.1, -0.05) is 42.5 Å². The zero-order valence-corrected chi connectivity index (χ0v) is 13.7. The molecule has 0 saturated heterocycles. The number of hydrogen-bond donors (Lipinski definition) is 0. The number of hydrogen-bond acceptors (Lipinski definition) is 3. The van der Waals surface area contributed by atoms with Crippen LogP contribution in [0.1, 0.15) is 24.1 Å². The number of ether oxygens (including phenoxy) is 2. The molecule has 1 unspecified atom stereocenters. The molecule has 0 fully saturated rings. The number of rotatable bonds is 8. The minimum absolute atomic E-state index is 0.353. The van der Waals surface area contributed by atoms with Gasteiger partial charge in [-0.15, -0.1) is 0 Å². The highest BCUT2D eigenvalue weighted by molar-refractivity contribution is 5.28. The van der Waals surface area contributed by atoms with Gasteiger partial charge in [0.1, 0.15) is 5.75 Å². The maximum atomic E-state index is 5.75. The number of likely N-dealkylation sites (N-methyl/N-ethyl adjacent to an activating group) is 1. The van der Waals surface area contributed by atoms with E-state index in [0.717, 1.165) is 18.9 Å². The first-order chi connectivity index (χ1) is 10.7. The fourth-order valence-corrected chi connectivity index (χ4v) is 2.30. The Hall–Kier alpha value is -1.84. The van der Waals surface area contributed by atoms with Crippen LogP contribution in [-0.4, -0.2) is 32.2 Å². The lowest BCUT2D eigenvalue weighted by Crippen LogP contribution is -2.26. The highest BCUT2D eigenvalue weighted by atomic mass is 16.5. The number of methoxy groups -OCH3 is 1. The first-order valence-corrected chi connectivity index (χ1v) is 7.66. The maximum Gasteiger partial charge on any atom is 0.118 e. The van der Waals surface area contributed by atoms with Gasteiger partial charge in [0.15, 0.2) is 0 Å². The molecular formula is C19H25NO2. The van der Waals surface area contributed by atoms with Crippen LogP contribution in [0, 0.1) is 0 Å². The zero-order chi connectivity index (χ0) is 15.8. The van der Waals surface area contributed by atoms with E-state index < -0.39 is 0 Å². The van der Waals surface area contributed by atoms with E-state index in [2.05, 4.69) is 43.1 Å². The molecule has 0 aromatic heterocycles. The molecule has 3 heteroatoms. The van der Waals surface area contributed by atoms with Crippen molar-refractivity contribution in [3.05, 3.63) is 65.7 Å². The summed E-state index contributed by atoms with van der Waals surface area (Å²) in [6, 6.07) is 18.9. The van der Waals surface area contributed by atoms with E-state index in [1.165, 1.54) is 11.1 Å². The SMILES string of the molecule is COc1ccc(C(C)N(C)CCOCc2ccccc2)cc1. The molecule has 0 heterocycles. The van der Waals surface area contributed by atoms with Gasteiger partial charge in [0, 0.05) is 12.6 Å². The second-order valence-corrected chi connectivity index (χ2v) is 5.47. The van der Waals surface area contributed by atoms with Crippen molar-refractivity contribution in [1.29, 1.82) is 0 Å². The zero-order valence-electron chi connectivity index (χ0n) is 13.7. The molecule has 0 spiro atoms. The monoisotopic (exact) mass is 299 g/mol. The smallest absolute Gasteiger partial charge is 0.118 e. The van der Waals surface area contributed by atoms with Gasteiger partial charge in [-0.2, -0.15) is 0 Å². The molecule has 0 aliphatic rings. The van der Waals surface area contributed by atoms with Crippen molar-refractivity contribution < 1.29 is 9.47 Å². The first kappa shape index (κ1) is 16.5. The van der Waals surface area contributed by atoms with Crippen molar-refractivity contribution in [2.45, 2.75) is 19.6 Å². The highest BCUT2D eigenvalue weighted by Gasteiger charge is 2.11. The molecule has 118 valence electrons. The van der Waals surface area contributed by atoms with Crippen LogP contribution in [-0.2, 0) is 11.3 Å². The summed E-state index contributed by atoms with van der Waals surface area (Å²) in [6.07, 6.45) is 0. The minimum Gasteiger partial charge on any atom is -0.497 e. The molecule has 0 saturated carbocycles. The van der Waals surface area contributed by atoms with Crippen LogP contribution in [0.15, 0.2) is 54.6 Å². The quantitative estimate of drug-likeness (QED) is 0.690. The van der Waals surface area contributed by atoms with Crippen molar-refractivity contribution in [3.8, 4) is 5.75 Å². The van der Waals surface area contributed by atoms with Crippen LogP contribution in [0.25, 0.3) is 0 Å². The summed E-state index contributed by atoms with van der Waals surface area (Å²) in [6.45, 7) is 4.51. The molecule has 1 atom stereocenters. The van der Waals surface area contributed by atoms with E-state index in [1.807, 2.05) is 30.3 Å². The van der Waals surface area contributed by atoms with Crippen molar-refractivity contribution in [3.63, 3.8) is 0 Å². The summed E-state index contributed by atoms with van der Waals surface area (Å²) in [5.74, 6) is 0.893. The third-order valence-corrected chi connectivity index (χ3v) is 3.96. The predicted molar refractivity (Wildman–Crippen MR) is 90.1 cm³/mol. The summed E-state index contributed by atoms with van der Waals surface area (Å²) in [4.78, 5) is 2.30. The molecule has 2 aromatic rings. The van der Waals surface area contributed by atoms with Gasteiger partial charge in [-0.05, 0) is 37.2 Å². The van der Waals surface area contributed by atoms with E-state index in [0.29, 0.717) is 12.6 Å². The summed E-state index contributed by atoms with van der Waals surface area (Å²) in [7, 11) is 3.81. The van der Waals surface area contributed by atoms with E-state index in [-0.39, 0.29) is 0 Å². The average molecular weight is 299 g/mol. The topological polar surface area (TPSA) is 21.7 Å². The van der Waals surface area contributed by atoms with Crippen LogP contribution in [0.2, 0.25) is 0 Å². The number of benzene rings is 2. The second-order valence-electron chi connectivity index (χ2n) is 5.47. The van der Waals surface area contributed by atoms with Gasteiger partial charge >= 0.3 is 0 Å². The normalized spacial score (nSPS) is 12.4. The molecule has 0 bridgehead atoms. The molecule has 2 rings (SSSR count). The van der Waals surface area contributed by atoms with Crippen molar-refractivity contribution in [2.75, 3.05) is 27.3 Å². The molecule has 0 aliphatic carbocycles. The van der Waals surface area contributed by atoms with Crippen LogP contribution in [0.3, 0.4) is 0 Å². The fraction of sp³-hybridized carbons (Fsp3) is 0.368. The van der Waals surface area contributed by atoms with Gasteiger partial charge in [0.2, 0.25) is 0 Å². The van der Waals surface area contributed by atoms with Gasteiger partial charge in [-0.25, -0.2) is 0 Å². The average Bonchev–Trinajstić information content (AvgIpc) is 2.59. The Kier molecular flexibility index (Phi) is 6.44. The lowest BCUT2D eigenvalue weighted by molar-refractivity contribution is 0.0900. The Balaban J connectivity index is 1.75. The highest BCUT2D eigenvalue weighted by Crippen LogP contribution is 2.21. The Morgan fingerprint density at radius 1 is 1.00 bits per heavy atom. The Morgan fingerprint density at radius 3 is 2.32 bits per heavy atom. The molecule has 22 heavy (non-hydrogen) atoms. The van der Waals surface area contributed by atoms with Gasteiger partial charge < -0.3 is 9.47 Å². The lowest BCUT2D eigenvalue weighted by atomic mass is 10.1. The van der Waals surface area contributed by atoms with E-state index >= 15 is 0 Å². The maximum absolute atomic E-state index is 5.75. The predicted octanol–water partition coefficient (Wildman–Crippen LogP) is 3.90. The van der Waals surface area contributed by atoms with E-state index in [9.17, 15) is 0 Å². The molecule has 0 N–H and O–H groups in total. The van der Waals surface area contributed by atoms with Crippen molar-refractivity contribution >= 4 is 0 Å². The van der Waals surface area contributed by atoms with Crippen LogP contribution in [0.4, 0.5) is 0 Å². The minimum atomic E-state index is 0.353.